The first-order valence-electron chi connectivity index (χ1n) is 10.6. The first kappa shape index (κ1) is 6.72. The molecule has 0 unspecified atom stereocenters. The molecule has 0 aliphatic heterocycles. The zero-order valence-electron chi connectivity index (χ0n) is 21.1. The lowest BCUT2D eigenvalue weighted by molar-refractivity contribution is -0.117. The number of rotatable bonds is 6. The summed E-state index contributed by atoms with van der Waals surface area (Å²) < 4.78 is 79.9. The van der Waals surface area contributed by atoms with Crippen LogP contribution in [0.3, 0.4) is 0 Å². The largest absolute Gasteiger partial charge is 0.465 e. The van der Waals surface area contributed by atoms with E-state index in [1.54, 1.807) is 13.0 Å². The predicted molar refractivity (Wildman–Crippen MR) is 78.9 cm³/mol. The van der Waals surface area contributed by atoms with E-state index in [2.05, 4.69) is 10.1 Å². The number of likely N-dealkylation sites (N-methyl/N-ethyl adjacent to an activating group) is 1. The fourth-order valence-electron chi connectivity index (χ4n) is 1.54. The molecule has 0 aliphatic carbocycles. The molecule has 5 heteroatoms. The lowest BCUT2D eigenvalue weighted by atomic mass is 10.1. The number of esters is 1. The molecule has 1 rings (SSSR count). The Labute approximate surface area is 134 Å². The Kier molecular flexibility index (Phi) is 2.57. The Morgan fingerprint density at radius 1 is 1.40 bits per heavy atom. The summed E-state index contributed by atoms with van der Waals surface area (Å²) in [6.45, 7) is -13.6. The molecule has 0 spiro atoms. The van der Waals surface area contributed by atoms with E-state index in [0.717, 1.165) is 7.11 Å². The normalized spacial score (nSPS) is 20.6. The van der Waals surface area contributed by atoms with Crippen LogP contribution < -0.4 is 5.32 Å². The first-order valence-corrected chi connectivity index (χ1v) is 5.63. The second-order valence-electron chi connectivity index (χ2n) is 3.85. The molecule has 110 valence electrons. The highest BCUT2D eigenvalue weighted by Gasteiger charge is 2.16. The van der Waals surface area contributed by atoms with E-state index in [9.17, 15) is 9.59 Å². The van der Waals surface area contributed by atoms with Crippen LogP contribution in [0.5, 0.6) is 0 Å². The molecule has 0 aromatic heterocycles. The van der Waals surface area contributed by atoms with Gasteiger partial charge in [-0.05, 0) is 31.5 Å². The van der Waals surface area contributed by atoms with Crippen molar-refractivity contribution in [1.82, 2.24) is 4.90 Å². The van der Waals surface area contributed by atoms with Gasteiger partial charge in [-0.2, -0.15) is 0 Å². The quantitative estimate of drug-likeness (QED) is 0.814. The highest BCUT2D eigenvalue weighted by atomic mass is 16.5. The average molecular weight is 288 g/mol. The summed E-state index contributed by atoms with van der Waals surface area (Å²) in [5.41, 5.74) is 0.351. The Morgan fingerprint density at radius 2 is 2.10 bits per heavy atom. The summed E-state index contributed by atoms with van der Waals surface area (Å²) in [7, 11) is 1.12. The SMILES string of the molecule is [2H]C([2H])([2H])C([2H])([2H])N(CC(=O)Nc1c(C)cccc1C(=O)OC)C([2H])([2H])C([2H])([2H])[2H]. The minimum absolute atomic E-state index is 0.0156. The summed E-state index contributed by atoms with van der Waals surface area (Å²) >= 11 is 0. The number of hydrogen-bond acceptors (Lipinski definition) is 4. The molecular weight excluding hydrogens is 256 g/mol. The van der Waals surface area contributed by atoms with E-state index >= 15 is 0 Å². The lowest BCUT2D eigenvalue weighted by Crippen LogP contribution is -2.33. The average Bonchev–Trinajstić information content (AvgIpc) is 2.58. The number of carbonyl (C=O) groups excluding carboxylic acids is 2. The summed E-state index contributed by atoms with van der Waals surface area (Å²) in [5, 5.41) is 2.29. The fraction of sp³-hybridized carbons (Fsp3) is 0.467. The van der Waals surface area contributed by atoms with E-state index in [4.69, 9.17) is 13.7 Å². The molecule has 1 aromatic rings. The van der Waals surface area contributed by atoms with Crippen molar-refractivity contribution in [3.05, 3.63) is 29.3 Å². The van der Waals surface area contributed by atoms with Crippen molar-refractivity contribution in [2.45, 2.75) is 20.6 Å². The molecule has 1 amide bonds. The topological polar surface area (TPSA) is 58.6 Å². The lowest BCUT2D eigenvalue weighted by Gasteiger charge is -2.18. The van der Waals surface area contributed by atoms with E-state index in [0.29, 0.717) is 5.56 Å². The van der Waals surface area contributed by atoms with Crippen LogP contribution in [-0.2, 0) is 9.53 Å². The molecule has 0 saturated carbocycles. The minimum Gasteiger partial charge on any atom is -0.465 e. The second-order valence-corrected chi connectivity index (χ2v) is 3.85. The monoisotopic (exact) mass is 288 g/mol. The predicted octanol–water partition coefficient (Wildman–Crippen LogP) is 2.06. The van der Waals surface area contributed by atoms with Gasteiger partial charge in [-0.1, -0.05) is 25.8 Å². The van der Waals surface area contributed by atoms with Crippen molar-refractivity contribution in [1.29, 1.82) is 0 Å². The molecule has 0 fully saturated rings. The van der Waals surface area contributed by atoms with E-state index in [1.165, 1.54) is 12.1 Å². The van der Waals surface area contributed by atoms with Crippen LogP contribution in [0.4, 0.5) is 5.69 Å². The number of hydrogen-bond donors (Lipinski definition) is 1. The van der Waals surface area contributed by atoms with Crippen molar-refractivity contribution in [2.24, 2.45) is 0 Å². The van der Waals surface area contributed by atoms with Crippen molar-refractivity contribution in [3.63, 3.8) is 0 Å². The minimum atomic E-state index is -3.50. The van der Waals surface area contributed by atoms with Gasteiger partial charge >= 0.3 is 5.97 Å². The molecule has 0 aliphatic rings. The summed E-state index contributed by atoms with van der Waals surface area (Å²) in [4.78, 5) is 24.3. The smallest absolute Gasteiger partial charge is 0.339 e. The van der Waals surface area contributed by atoms with Gasteiger partial charge in [0.2, 0.25) is 5.91 Å². The van der Waals surface area contributed by atoms with Gasteiger partial charge in [0.25, 0.3) is 0 Å². The Bertz CT molecular complexity index is 779. The number of benzene rings is 1. The third-order valence-corrected chi connectivity index (χ3v) is 2.51. The van der Waals surface area contributed by atoms with Gasteiger partial charge in [0.1, 0.15) is 0 Å². The maximum atomic E-state index is 12.6. The summed E-state index contributed by atoms with van der Waals surface area (Å²) in [6.07, 6.45) is 0. The number of nitrogens with one attached hydrogen (secondary N) is 1. The van der Waals surface area contributed by atoms with Crippen LogP contribution >= 0.6 is 0 Å². The number of carbonyl (C=O) groups is 2. The molecule has 1 N–H and O–H groups in total. The van der Waals surface area contributed by atoms with Crippen molar-refractivity contribution >= 4 is 17.6 Å². The summed E-state index contributed by atoms with van der Waals surface area (Å²) in [5.74, 6) is -1.92. The van der Waals surface area contributed by atoms with E-state index < -0.39 is 45.1 Å². The number of amides is 1. The molecule has 0 bridgehead atoms. The Balaban J connectivity index is 3.37. The van der Waals surface area contributed by atoms with Gasteiger partial charge in [0.05, 0.1) is 24.9 Å². The van der Waals surface area contributed by atoms with Gasteiger partial charge in [-0.3, -0.25) is 9.69 Å². The van der Waals surface area contributed by atoms with Gasteiger partial charge in [0.15, 0.2) is 0 Å². The number of ether oxygens (including phenoxy) is 1. The Morgan fingerprint density at radius 3 is 2.70 bits per heavy atom. The zero-order valence-corrected chi connectivity index (χ0v) is 11.1. The van der Waals surface area contributed by atoms with Crippen LogP contribution in [-0.4, -0.2) is 43.4 Å². The van der Waals surface area contributed by atoms with E-state index in [-0.39, 0.29) is 16.2 Å². The first-order chi connectivity index (χ1) is 13.4. The maximum Gasteiger partial charge on any atom is 0.339 e. The number of aryl methyl sites for hydroxylation is 1. The molecule has 0 saturated heterocycles. The number of para-hydroxylation sites is 1. The van der Waals surface area contributed by atoms with Gasteiger partial charge in [-0.15, -0.1) is 0 Å². The highest BCUT2D eigenvalue weighted by molar-refractivity contribution is 6.02. The second kappa shape index (κ2) is 7.65. The third-order valence-electron chi connectivity index (χ3n) is 2.51. The number of nitrogens with zero attached hydrogens (tertiary/aromatic N) is 1. The van der Waals surface area contributed by atoms with Crippen LogP contribution in [0.25, 0.3) is 0 Å². The van der Waals surface area contributed by atoms with Gasteiger partial charge in [-0.25, -0.2) is 4.79 Å². The van der Waals surface area contributed by atoms with Crippen molar-refractivity contribution < 1.29 is 28.0 Å². The molecular formula is C15H22N2O3. The summed E-state index contributed by atoms with van der Waals surface area (Å²) in [6, 6.07) is 4.41. The van der Waals surface area contributed by atoms with Crippen molar-refractivity contribution in [2.75, 3.05) is 32.0 Å². The number of methoxy groups -OCH3 is 1. The van der Waals surface area contributed by atoms with Gasteiger partial charge < -0.3 is 10.1 Å². The zero-order chi connectivity index (χ0) is 23.7. The van der Waals surface area contributed by atoms with E-state index in [1.807, 2.05) is 0 Å². The standard InChI is InChI=1S/C15H22N2O3/c1-5-17(6-2)10-13(18)16-14-11(3)8-7-9-12(14)15(19)20-4/h7-9H,5-6,10H2,1-4H3,(H,16,18)/i1D3,2D3,5D2,6D2. The number of anilines is 1. The van der Waals surface area contributed by atoms with Gasteiger partial charge in [0, 0.05) is 13.7 Å². The Hall–Kier alpha value is -1.88. The van der Waals surface area contributed by atoms with Crippen LogP contribution in [0.2, 0.25) is 0 Å². The van der Waals surface area contributed by atoms with Crippen LogP contribution in [0, 0.1) is 6.92 Å². The molecule has 20 heavy (non-hydrogen) atoms. The van der Waals surface area contributed by atoms with Crippen LogP contribution in [0.15, 0.2) is 18.2 Å². The molecule has 0 radical (unpaired) electrons. The van der Waals surface area contributed by atoms with Crippen molar-refractivity contribution in [3.8, 4) is 0 Å². The third kappa shape index (κ3) is 4.06. The molecule has 0 heterocycles. The van der Waals surface area contributed by atoms with Crippen LogP contribution in [0.1, 0.15) is 43.3 Å². The molecule has 0 atom stereocenters. The maximum absolute atomic E-state index is 12.6. The fourth-order valence-corrected chi connectivity index (χ4v) is 1.54. The molecule has 1 aromatic carbocycles. The highest BCUT2D eigenvalue weighted by Crippen LogP contribution is 2.21. The molecule has 5 nitrogen and oxygen atoms in total.